The van der Waals surface area contributed by atoms with Crippen molar-refractivity contribution in [2.75, 3.05) is 12.3 Å². The molecule has 0 aliphatic carbocycles. The second kappa shape index (κ2) is 6.12. The molecule has 2 atom stereocenters. The van der Waals surface area contributed by atoms with Gasteiger partial charge in [-0.2, -0.15) is 24.9 Å². The van der Waals surface area contributed by atoms with Crippen LogP contribution < -0.4 is 5.32 Å². The molecular weight excluding hydrogens is 239 g/mol. The molecule has 0 aromatic heterocycles. The fourth-order valence-electron chi connectivity index (χ4n) is 0.862. The van der Waals surface area contributed by atoms with E-state index in [0.29, 0.717) is 5.75 Å². The monoisotopic (exact) mass is 259 g/mol. The van der Waals surface area contributed by atoms with E-state index in [1.807, 2.05) is 6.92 Å². The first-order chi connectivity index (χ1) is 7.02. The normalized spacial score (nSPS) is 17.2. The Morgan fingerprint density at radius 3 is 2.12 bits per heavy atom. The van der Waals surface area contributed by atoms with E-state index >= 15 is 0 Å². The second-order valence-corrected chi connectivity index (χ2v) is 6.64. The van der Waals surface area contributed by atoms with E-state index in [9.17, 15) is 13.2 Å². The van der Waals surface area contributed by atoms with Crippen LogP contribution in [-0.4, -0.2) is 40.5 Å². The fraction of sp³-hybridized carbons (Fsp3) is 1.00. The van der Waals surface area contributed by atoms with E-state index in [1.165, 1.54) is 0 Å². The van der Waals surface area contributed by atoms with Gasteiger partial charge in [-0.25, -0.2) is 0 Å². The van der Waals surface area contributed by atoms with Crippen LogP contribution in [0.5, 0.6) is 0 Å². The molecule has 98 valence electrons. The molecule has 2 unspecified atom stereocenters. The lowest BCUT2D eigenvalue weighted by atomic mass is 10.3. The summed E-state index contributed by atoms with van der Waals surface area (Å²) >= 11 is 1.68. The quantitative estimate of drug-likeness (QED) is 0.795. The van der Waals surface area contributed by atoms with E-state index < -0.39 is 18.8 Å². The summed E-state index contributed by atoms with van der Waals surface area (Å²) in [5.74, 6) is 0.716. The molecular formula is C10H20F3NOS. The van der Waals surface area contributed by atoms with E-state index in [-0.39, 0.29) is 10.8 Å². The molecule has 0 fully saturated rings. The smallest absolute Gasteiger partial charge is 0.382 e. The van der Waals surface area contributed by atoms with Crippen molar-refractivity contribution in [3.8, 4) is 0 Å². The van der Waals surface area contributed by atoms with Crippen LogP contribution >= 0.6 is 11.8 Å². The molecule has 2 nitrogen and oxygen atoms in total. The number of hydrogen-bond donors (Lipinski definition) is 2. The number of halogens is 3. The lowest BCUT2D eigenvalue weighted by molar-refractivity contribution is -0.202. The van der Waals surface area contributed by atoms with Gasteiger partial charge >= 0.3 is 6.18 Å². The predicted octanol–water partition coefficient (Wildman–Crippen LogP) is 2.42. The van der Waals surface area contributed by atoms with Gasteiger partial charge in [0.1, 0.15) is 0 Å². The molecule has 0 spiro atoms. The molecule has 2 N–H and O–H groups in total. The van der Waals surface area contributed by atoms with Gasteiger partial charge in [0.2, 0.25) is 0 Å². The van der Waals surface area contributed by atoms with Crippen molar-refractivity contribution in [3.63, 3.8) is 0 Å². The maximum Gasteiger partial charge on any atom is 0.415 e. The summed E-state index contributed by atoms with van der Waals surface area (Å²) < 4.78 is 36.0. The van der Waals surface area contributed by atoms with Gasteiger partial charge in [-0.3, -0.25) is 0 Å². The average Bonchev–Trinajstić information content (AvgIpc) is 2.08. The molecule has 0 aromatic rings. The molecule has 0 aliphatic rings. The Bertz CT molecular complexity index is 203. The van der Waals surface area contributed by atoms with Crippen LogP contribution in [0.15, 0.2) is 0 Å². The van der Waals surface area contributed by atoms with Gasteiger partial charge in [0.15, 0.2) is 6.10 Å². The van der Waals surface area contributed by atoms with Crippen LogP contribution in [0.4, 0.5) is 13.2 Å². The lowest BCUT2D eigenvalue weighted by Crippen LogP contribution is -2.42. The molecule has 6 heteroatoms. The molecule has 0 saturated carbocycles. The molecule has 0 aliphatic heterocycles. The molecule has 0 heterocycles. The van der Waals surface area contributed by atoms with Crippen LogP contribution in [0.1, 0.15) is 27.7 Å². The van der Waals surface area contributed by atoms with Gasteiger partial charge in [-0.15, -0.1) is 0 Å². The van der Waals surface area contributed by atoms with Gasteiger partial charge in [-0.1, -0.05) is 20.8 Å². The Kier molecular flexibility index (Phi) is 6.14. The number of aliphatic hydroxyl groups is 1. The van der Waals surface area contributed by atoms with Gasteiger partial charge < -0.3 is 10.4 Å². The highest BCUT2D eigenvalue weighted by molar-refractivity contribution is 8.00. The molecule has 0 bridgehead atoms. The van der Waals surface area contributed by atoms with Crippen molar-refractivity contribution in [2.24, 2.45) is 0 Å². The van der Waals surface area contributed by atoms with Crippen LogP contribution in [0.2, 0.25) is 0 Å². The van der Waals surface area contributed by atoms with E-state index in [4.69, 9.17) is 5.11 Å². The predicted molar refractivity (Wildman–Crippen MR) is 61.7 cm³/mol. The zero-order valence-corrected chi connectivity index (χ0v) is 10.9. The van der Waals surface area contributed by atoms with Crippen molar-refractivity contribution in [1.29, 1.82) is 0 Å². The number of aliphatic hydroxyl groups excluding tert-OH is 1. The fourth-order valence-corrected chi connectivity index (χ4v) is 1.73. The Morgan fingerprint density at radius 2 is 1.75 bits per heavy atom. The number of nitrogens with one attached hydrogen (secondary N) is 1. The van der Waals surface area contributed by atoms with Crippen molar-refractivity contribution in [2.45, 2.75) is 50.8 Å². The first kappa shape index (κ1) is 16.1. The lowest BCUT2D eigenvalue weighted by Gasteiger charge is -2.23. The highest BCUT2D eigenvalue weighted by atomic mass is 32.2. The molecule has 16 heavy (non-hydrogen) atoms. The number of thioether (sulfide) groups is 1. The molecule has 0 rings (SSSR count). The van der Waals surface area contributed by atoms with Gasteiger partial charge in [-0.05, 0) is 6.92 Å². The third-order valence-electron chi connectivity index (χ3n) is 1.80. The SMILES string of the molecule is CC(CSC(C)(C)C)NCC(O)C(F)(F)F. The number of rotatable bonds is 5. The van der Waals surface area contributed by atoms with Crippen LogP contribution in [0.25, 0.3) is 0 Å². The average molecular weight is 259 g/mol. The zero-order valence-electron chi connectivity index (χ0n) is 10.1. The maximum atomic E-state index is 12.0. The van der Waals surface area contributed by atoms with Crippen molar-refractivity contribution >= 4 is 11.8 Å². The number of hydrogen-bond acceptors (Lipinski definition) is 3. The summed E-state index contributed by atoms with van der Waals surface area (Å²) in [4.78, 5) is 0. The molecule has 0 aromatic carbocycles. The minimum Gasteiger partial charge on any atom is -0.382 e. The number of alkyl halides is 3. The summed E-state index contributed by atoms with van der Waals surface area (Å²) in [6.07, 6.45) is -6.82. The molecule has 0 amide bonds. The topological polar surface area (TPSA) is 32.3 Å². The molecule has 0 saturated heterocycles. The largest absolute Gasteiger partial charge is 0.415 e. The Hall–Kier alpha value is 0.0600. The van der Waals surface area contributed by atoms with Crippen molar-refractivity contribution < 1.29 is 18.3 Å². The van der Waals surface area contributed by atoms with Crippen LogP contribution in [-0.2, 0) is 0 Å². The van der Waals surface area contributed by atoms with E-state index in [0.717, 1.165) is 0 Å². The maximum absolute atomic E-state index is 12.0. The van der Waals surface area contributed by atoms with E-state index in [2.05, 4.69) is 26.1 Å². The zero-order chi connectivity index (χ0) is 13.0. The Labute approximate surface area is 99.0 Å². The minimum atomic E-state index is -4.54. The second-order valence-electron chi connectivity index (χ2n) is 4.79. The first-order valence-corrected chi connectivity index (χ1v) is 6.13. The summed E-state index contributed by atoms with van der Waals surface area (Å²) in [7, 11) is 0. The Morgan fingerprint density at radius 1 is 1.25 bits per heavy atom. The minimum absolute atomic E-state index is 0.0544. The first-order valence-electron chi connectivity index (χ1n) is 5.14. The third kappa shape index (κ3) is 8.24. The van der Waals surface area contributed by atoms with Gasteiger partial charge in [0.05, 0.1) is 0 Å². The van der Waals surface area contributed by atoms with E-state index in [1.54, 1.807) is 11.8 Å². The van der Waals surface area contributed by atoms with Gasteiger partial charge in [0.25, 0.3) is 0 Å². The summed E-state index contributed by atoms with van der Waals surface area (Å²) in [5, 5.41) is 11.4. The van der Waals surface area contributed by atoms with Gasteiger partial charge in [0, 0.05) is 23.1 Å². The summed E-state index contributed by atoms with van der Waals surface area (Å²) in [5.41, 5.74) is 0. The summed E-state index contributed by atoms with van der Waals surface area (Å²) in [6, 6.07) is -0.0544. The summed E-state index contributed by atoms with van der Waals surface area (Å²) in [6.45, 7) is 7.51. The highest BCUT2D eigenvalue weighted by Crippen LogP contribution is 2.24. The van der Waals surface area contributed by atoms with Crippen molar-refractivity contribution in [3.05, 3.63) is 0 Å². The highest BCUT2D eigenvalue weighted by Gasteiger charge is 2.37. The third-order valence-corrected chi connectivity index (χ3v) is 3.34. The van der Waals surface area contributed by atoms with Crippen LogP contribution in [0.3, 0.4) is 0 Å². The molecule has 0 radical (unpaired) electrons. The van der Waals surface area contributed by atoms with Crippen LogP contribution in [0, 0.1) is 0 Å². The van der Waals surface area contributed by atoms with Crippen molar-refractivity contribution in [1.82, 2.24) is 5.32 Å². The standard InChI is InChI=1S/C10H20F3NOS/c1-7(6-16-9(2,3)4)14-5-8(15)10(11,12)13/h7-8,14-15H,5-6H2,1-4H3. The Balaban J connectivity index is 3.78.